The SMILES string of the molecule is C=CCC(NC(=O)C(C)(N)C1CC1)C(=O)O. The summed E-state index contributed by atoms with van der Waals surface area (Å²) in [5.41, 5.74) is 4.92. The van der Waals surface area contributed by atoms with Crippen molar-refractivity contribution in [3.05, 3.63) is 12.7 Å². The van der Waals surface area contributed by atoms with Gasteiger partial charge in [0.05, 0.1) is 5.54 Å². The Morgan fingerprint density at radius 3 is 2.62 bits per heavy atom. The largest absolute Gasteiger partial charge is 0.480 e. The summed E-state index contributed by atoms with van der Waals surface area (Å²) < 4.78 is 0. The minimum Gasteiger partial charge on any atom is -0.480 e. The van der Waals surface area contributed by atoms with E-state index in [1.807, 2.05) is 0 Å². The first-order valence-electron chi connectivity index (χ1n) is 5.33. The molecule has 0 aromatic heterocycles. The minimum atomic E-state index is -1.07. The second-order valence-corrected chi connectivity index (χ2v) is 4.45. The molecular formula is C11H18N2O3. The lowest BCUT2D eigenvalue weighted by atomic mass is 9.95. The second-order valence-electron chi connectivity index (χ2n) is 4.45. The molecule has 0 radical (unpaired) electrons. The highest BCUT2D eigenvalue weighted by Gasteiger charge is 2.44. The number of hydrogen-bond acceptors (Lipinski definition) is 3. The molecule has 0 heterocycles. The zero-order valence-corrected chi connectivity index (χ0v) is 9.40. The highest BCUT2D eigenvalue weighted by atomic mass is 16.4. The first-order chi connectivity index (χ1) is 7.39. The number of carbonyl (C=O) groups is 2. The van der Waals surface area contributed by atoms with Gasteiger partial charge >= 0.3 is 5.97 Å². The van der Waals surface area contributed by atoms with Gasteiger partial charge in [0.25, 0.3) is 0 Å². The highest BCUT2D eigenvalue weighted by Crippen LogP contribution is 2.38. The fourth-order valence-corrected chi connectivity index (χ4v) is 1.57. The van der Waals surface area contributed by atoms with Gasteiger partial charge in [-0.2, -0.15) is 0 Å². The maximum absolute atomic E-state index is 11.8. The van der Waals surface area contributed by atoms with Gasteiger partial charge < -0.3 is 16.2 Å². The lowest BCUT2D eigenvalue weighted by Gasteiger charge is -2.25. The molecule has 2 unspecified atom stereocenters. The molecule has 1 amide bonds. The molecule has 0 bridgehead atoms. The third-order valence-corrected chi connectivity index (χ3v) is 2.92. The van der Waals surface area contributed by atoms with Crippen molar-refractivity contribution in [3.63, 3.8) is 0 Å². The van der Waals surface area contributed by atoms with E-state index < -0.39 is 23.5 Å². The van der Waals surface area contributed by atoms with Crippen LogP contribution >= 0.6 is 0 Å². The molecule has 2 atom stereocenters. The van der Waals surface area contributed by atoms with E-state index in [4.69, 9.17) is 10.8 Å². The lowest BCUT2D eigenvalue weighted by Crippen LogP contribution is -2.57. The molecule has 4 N–H and O–H groups in total. The van der Waals surface area contributed by atoms with Gasteiger partial charge in [0, 0.05) is 0 Å². The number of nitrogens with two attached hydrogens (primary N) is 1. The van der Waals surface area contributed by atoms with Crippen molar-refractivity contribution < 1.29 is 14.7 Å². The molecule has 0 aliphatic heterocycles. The Labute approximate surface area is 94.7 Å². The Bertz CT molecular complexity index is 308. The zero-order valence-electron chi connectivity index (χ0n) is 9.40. The number of carboxylic acids is 1. The summed E-state index contributed by atoms with van der Waals surface area (Å²) in [6.07, 6.45) is 3.52. The van der Waals surface area contributed by atoms with Crippen LogP contribution in [0.2, 0.25) is 0 Å². The van der Waals surface area contributed by atoms with Gasteiger partial charge in [-0.15, -0.1) is 6.58 Å². The Morgan fingerprint density at radius 1 is 1.69 bits per heavy atom. The number of aliphatic carboxylic acids is 1. The van der Waals surface area contributed by atoms with Crippen LogP contribution in [0.15, 0.2) is 12.7 Å². The van der Waals surface area contributed by atoms with Gasteiger partial charge in [-0.05, 0) is 32.1 Å². The van der Waals surface area contributed by atoms with Crippen molar-refractivity contribution >= 4 is 11.9 Å². The predicted molar refractivity (Wildman–Crippen MR) is 59.7 cm³/mol. The molecule has 90 valence electrons. The fourth-order valence-electron chi connectivity index (χ4n) is 1.57. The molecule has 1 aliphatic rings. The third-order valence-electron chi connectivity index (χ3n) is 2.92. The molecular weight excluding hydrogens is 208 g/mol. The standard InChI is InChI=1S/C11H18N2O3/c1-3-4-8(9(14)15)13-10(16)11(2,12)7-5-6-7/h3,7-8H,1,4-6,12H2,2H3,(H,13,16)(H,14,15). The van der Waals surface area contributed by atoms with Crippen molar-refractivity contribution in [1.82, 2.24) is 5.32 Å². The molecule has 16 heavy (non-hydrogen) atoms. The van der Waals surface area contributed by atoms with Gasteiger partial charge in [-0.25, -0.2) is 4.79 Å². The van der Waals surface area contributed by atoms with E-state index in [1.165, 1.54) is 6.08 Å². The number of carbonyl (C=O) groups excluding carboxylic acids is 1. The summed E-state index contributed by atoms with van der Waals surface area (Å²) in [5, 5.41) is 11.3. The van der Waals surface area contributed by atoms with Gasteiger partial charge in [0.2, 0.25) is 5.91 Å². The summed E-state index contributed by atoms with van der Waals surface area (Å²) in [6, 6.07) is -0.938. The normalized spacial score (nSPS) is 20.6. The van der Waals surface area contributed by atoms with Gasteiger partial charge in [-0.3, -0.25) is 4.79 Å². The molecule has 0 saturated heterocycles. The molecule has 5 heteroatoms. The van der Waals surface area contributed by atoms with Crippen LogP contribution in [-0.2, 0) is 9.59 Å². The maximum Gasteiger partial charge on any atom is 0.326 e. The lowest BCUT2D eigenvalue weighted by molar-refractivity contribution is -0.142. The van der Waals surface area contributed by atoms with Crippen LogP contribution in [-0.4, -0.2) is 28.6 Å². The predicted octanol–water partition coefficient (Wildman–Crippen LogP) is 0.259. The van der Waals surface area contributed by atoms with Gasteiger partial charge in [0.15, 0.2) is 0 Å². The average Bonchev–Trinajstić information content (AvgIpc) is 2.99. The molecule has 5 nitrogen and oxygen atoms in total. The first kappa shape index (κ1) is 12.7. The van der Waals surface area contributed by atoms with Crippen molar-refractivity contribution in [2.45, 2.75) is 37.8 Å². The van der Waals surface area contributed by atoms with Crippen LogP contribution in [0.4, 0.5) is 0 Å². The highest BCUT2D eigenvalue weighted by molar-refractivity contribution is 5.90. The second kappa shape index (κ2) is 4.65. The minimum absolute atomic E-state index is 0.172. The molecule has 0 aromatic carbocycles. The number of hydrogen-bond donors (Lipinski definition) is 3. The van der Waals surface area contributed by atoms with E-state index >= 15 is 0 Å². The molecule has 1 rings (SSSR count). The average molecular weight is 226 g/mol. The topological polar surface area (TPSA) is 92.4 Å². The Kier molecular flexibility index (Phi) is 3.70. The first-order valence-corrected chi connectivity index (χ1v) is 5.33. The van der Waals surface area contributed by atoms with E-state index in [0.717, 1.165) is 12.8 Å². The van der Waals surface area contributed by atoms with E-state index in [9.17, 15) is 9.59 Å². The summed E-state index contributed by atoms with van der Waals surface area (Å²) in [6.45, 7) is 5.10. The smallest absolute Gasteiger partial charge is 0.326 e. The molecule has 0 aromatic rings. The van der Waals surface area contributed by atoms with E-state index in [-0.39, 0.29) is 12.3 Å². The van der Waals surface area contributed by atoms with Crippen molar-refractivity contribution in [2.24, 2.45) is 11.7 Å². The third kappa shape index (κ3) is 2.82. The van der Waals surface area contributed by atoms with E-state index in [2.05, 4.69) is 11.9 Å². The Balaban J connectivity index is 2.60. The number of nitrogens with one attached hydrogen (secondary N) is 1. The van der Waals surface area contributed by atoms with E-state index in [0.29, 0.717) is 0 Å². The Hall–Kier alpha value is -1.36. The van der Waals surface area contributed by atoms with Gasteiger partial charge in [-0.1, -0.05) is 6.08 Å². The fraction of sp³-hybridized carbons (Fsp3) is 0.636. The molecule has 1 aliphatic carbocycles. The summed E-state index contributed by atoms with van der Waals surface area (Å²) in [4.78, 5) is 22.6. The van der Waals surface area contributed by atoms with E-state index in [1.54, 1.807) is 6.92 Å². The molecule has 0 spiro atoms. The molecule has 1 fully saturated rings. The Morgan fingerprint density at radius 2 is 2.25 bits per heavy atom. The van der Waals surface area contributed by atoms with Crippen LogP contribution in [0.3, 0.4) is 0 Å². The van der Waals surface area contributed by atoms with Gasteiger partial charge in [0.1, 0.15) is 6.04 Å². The quantitative estimate of drug-likeness (QED) is 0.566. The van der Waals surface area contributed by atoms with Crippen molar-refractivity contribution in [3.8, 4) is 0 Å². The summed E-state index contributed by atoms with van der Waals surface area (Å²) in [7, 11) is 0. The van der Waals surface area contributed by atoms with Crippen molar-refractivity contribution in [2.75, 3.05) is 0 Å². The number of carboxylic acid groups (broad SMARTS) is 1. The van der Waals surface area contributed by atoms with Crippen LogP contribution in [0.5, 0.6) is 0 Å². The summed E-state index contributed by atoms with van der Waals surface area (Å²) in [5.74, 6) is -1.30. The van der Waals surface area contributed by atoms with Crippen LogP contribution < -0.4 is 11.1 Å². The summed E-state index contributed by atoms with van der Waals surface area (Å²) >= 11 is 0. The maximum atomic E-state index is 11.8. The van der Waals surface area contributed by atoms with Crippen LogP contribution in [0, 0.1) is 5.92 Å². The zero-order chi connectivity index (χ0) is 12.3. The monoisotopic (exact) mass is 226 g/mol. The van der Waals surface area contributed by atoms with Crippen molar-refractivity contribution in [1.29, 1.82) is 0 Å². The number of amides is 1. The van der Waals surface area contributed by atoms with Crippen LogP contribution in [0.25, 0.3) is 0 Å². The molecule has 1 saturated carbocycles. The van der Waals surface area contributed by atoms with Crippen LogP contribution in [0.1, 0.15) is 26.2 Å². The number of rotatable bonds is 6.